The van der Waals surface area contributed by atoms with Gasteiger partial charge in [-0.3, -0.25) is 14.4 Å². The number of hydrogen-bond donors (Lipinski definition) is 3. The standard InChI is InChI=1S/C32H44N4O4.C2H4O2/c1-25(2)23-36-29(37)28(15-9-10-19-33-31(39)40-24-27-13-7-4-8-14-27)34-30(38)32(36)17-21-35(22-18-32)20-16-26-11-5-3-6-12-26;1-2(3)4/h3-8,11-14,25,28H,9-10,15-24H2,1-2H3,(H,33,39)(H,34,38);1H3,(H,3,4)/t28-;/m0./s1. The van der Waals surface area contributed by atoms with E-state index in [1.54, 1.807) is 0 Å². The molecule has 2 heterocycles. The molecule has 0 unspecified atom stereocenters. The number of likely N-dealkylation sites (tertiary alicyclic amines) is 1. The highest BCUT2D eigenvalue weighted by Crippen LogP contribution is 2.34. The van der Waals surface area contributed by atoms with E-state index in [1.807, 2.05) is 41.3 Å². The number of nitrogens with one attached hydrogen (secondary N) is 2. The minimum atomic E-state index is -0.833. The van der Waals surface area contributed by atoms with E-state index in [0.717, 1.165) is 38.5 Å². The van der Waals surface area contributed by atoms with Crippen LogP contribution < -0.4 is 10.6 Å². The fourth-order valence-electron chi connectivity index (χ4n) is 5.71. The van der Waals surface area contributed by atoms with E-state index in [2.05, 4.69) is 53.6 Å². The van der Waals surface area contributed by atoms with Crippen molar-refractivity contribution in [3.05, 3.63) is 71.8 Å². The molecular formula is C34H48N4O6. The summed E-state index contributed by atoms with van der Waals surface area (Å²) >= 11 is 0. The minimum Gasteiger partial charge on any atom is -0.481 e. The van der Waals surface area contributed by atoms with Gasteiger partial charge in [0.25, 0.3) is 5.97 Å². The molecule has 10 nitrogen and oxygen atoms in total. The summed E-state index contributed by atoms with van der Waals surface area (Å²) in [5.74, 6) is -0.543. The molecule has 10 heteroatoms. The van der Waals surface area contributed by atoms with Gasteiger partial charge in [-0.2, -0.15) is 0 Å². The highest BCUT2D eigenvalue weighted by molar-refractivity contribution is 6.00. The van der Waals surface area contributed by atoms with Gasteiger partial charge in [0.2, 0.25) is 11.8 Å². The third-order valence-electron chi connectivity index (χ3n) is 8.00. The molecule has 2 saturated heterocycles. The van der Waals surface area contributed by atoms with E-state index in [4.69, 9.17) is 14.6 Å². The molecule has 44 heavy (non-hydrogen) atoms. The molecule has 2 aromatic carbocycles. The first-order valence-corrected chi connectivity index (χ1v) is 15.6. The summed E-state index contributed by atoms with van der Waals surface area (Å²) in [6, 6.07) is 19.5. The third kappa shape index (κ3) is 10.7. The molecule has 2 aliphatic rings. The van der Waals surface area contributed by atoms with Gasteiger partial charge < -0.3 is 30.3 Å². The first kappa shape index (κ1) is 34.6. The Labute approximate surface area is 261 Å². The predicted molar refractivity (Wildman–Crippen MR) is 169 cm³/mol. The molecule has 3 N–H and O–H groups in total. The summed E-state index contributed by atoms with van der Waals surface area (Å²) in [6.45, 7) is 9.12. The average molecular weight is 609 g/mol. The Morgan fingerprint density at radius 1 is 1.00 bits per heavy atom. The van der Waals surface area contributed by atoms with Crippen LogP contribution in [0.3, 0.4) is 0 Å². The number of alkyl carbamates (subject to hydrolysis) is 1. The molecule has 2 aromatic rings. The zero-order valence-corrected chi connectivity index (χ0v) is 26.3. The number of carboxylic acid groups (broad SMARTS) is 1. The first-order valence-electron chi connectivity index (χ1n) is 15.6. The second-order valence-corrected chi connectivity index (χ2v) is 12.0. The van der Waals surface area contributed by atoms with Gasteiger partial charge in [0.1, 0.15) is 18.2 Å². The number of piperazine rings is 1. The normalized spacial score (nSPS) is 17.9. The van der Waals surface area contributed by atoms with Gasteiger partial charge in [-0.15, -0.1) is 0 Å². The number of unbranched alkanes of at least 4 members (excludes halogenated alkanes) is 1. The molecule has 1 atom stereocenters. The number of ether oxygens (including phenoxy) is 1. The van der Waals surface area contributed by atoms with E-state index in [0.29, 0.717) is 45.2 Å². The lowest BCUT2D eigenvalue weighted by Gasteiger charge is -2.52. The van der Waals surface area contributed by atoms with Crippen molar-refractivity contribution in [2.75, 3.05) is 32.7 Å². The van der Waals surface area contributed by atoms with Gasteiger partial charge >= 0.3 is 6.09 Å². The number of carbonyl (C=O) groups excluding carboxylic acids is 3. The van der Waals surface area contributed by atoms with Crippen molar-refractivity contribution < 1.29 is 29.0 Å². The maximum atomic E-state index is 13.7. The largest absolute Gasteiger partial charge is 0.481 e. The molecule has 240 valence electrons. The lowest BCUT2D eigenvalue weighted by atomic mass is 9.80. The van der Waals surface area contributed by atoms with E-state index in [9.17, 15) is 14.4 Å². The summed E-state index contributed by atoms with van der Waals surface area (Å²) in [5, 5.41) is 13.3. The zero-order chi connectivity index (χ0) is 32.0. The Balaban J connectivity index is 0.00000124. The Morgan fingerprint density at radius 2 is 1.59 bits per heavy atom. The molecule has 2 aliphatic heterocycles. The molecule has 0 aliphatic carbocycles. The Bertz CT molecular complexity index is 1190. The second kappa shape index (κ2) is 17.4. The number of benzene rings is 2. The molecule has 2 fully saturated rings. The number of hydrogen-bond acceptors (Lipinski definition) is 6. The van der Waals surface area contributed by atoms with Gasteiger partial charge in [0, 0.05) is 39.6 Å². The number of carboxylic acids is 1. The van der Waals surface area contributed by atoms with Crippen molar-refractivity contribution in [3.63, 3.8) is 0 Å². The average Bonchev–Trinajstić information content (AvgIpc) is 3.01. The van der Waals surface area contributed by atoms with Crippen molar-refractivity contribution in [2.45, 2.75) is 77.5 Å². The third-order valence-corrected chi connectivity index (χ3v) is 8.00. The van der Waals surface area contributed by atoms with Crippen molar-refractivity contribution >= 4 is 23.9 Å². The number of amides is 3. The summed E-state index contributed by atoms with van der Waals surface area (Å²) in [7, 11) is 0. The van der Waals surface area contributed by atoms with Crippen LogP contribution in [0.15, 0.2) is 60.7 Å². The van der Waals surface area contributed by atoms with E-state index < -0.39 is 23.6 Å². The topological polar surface area (TPSA) is 128 Å². The maximum Gasteiger partial charge on any atom is 0.407 e. The molecule has 3 amide bonds. The van der Waals surface area contributed by atoms with Gasteiger partial charge in [-0.05, 0) is 55.6 Å². The van der Waals surface area contributed by atoms with Crippen LogP contribution in [-0.4, -0.2) is 83.1 Å². The predicted octanol–water partition coefficient (Wildman–Crippen LogP) is 4.23. The molecule has 0 saturated carbocycles. The van der Waals surface area contributed by atoms with Gasteiger partial charge in [-0.1, -0.05) is 74.5 Å². The summed E-state index contributed by atoms with van der Waals surface area (Å²) in [4.78, 5) is 52.5. The lowest BCUT2D eigenvalue weighted by Crippen LogP contribution is -2.73. The highest BCUT2D eigenvalue weighted by Gasteiger charge is 2.53. The molecule has 0 radical (unpaired) electrons. The molecule has 0 aromatic heterocycles. The van der Waals surface area contributed by atoms with Crippen LogP contribution in [0.1, 0.15) is 64.0 Å². The quantitative estimate of drug-likeness (QED) is 0.308. The zero-order valence-electron chi connectivity index (χ0n) is 26.3. The van der Waals surface area contributed by atoms with Crippen LogP contribution in [0.5, 0.6) is 0 Å². The summed E-state index contributed by atoms with van der Waals surface area (Å²) < 4.78 is 5.24. The van der Waals surface area contributed by atoms with Crippen molar-refractivity contribution in [1.82, 2.24) is 20.4 Å². The van der Waals surface area contributed by atoms with Gasteiger partial charge in [0.15, 0.2) is 0 Å². The van der Waals surface area contributed by atoms with Crippen molar-refractivity contribution in [1.29, 1.82) is 0 Å². The smallest absolute Gasteiger partial charge is 0.407 e. The maximum absolute atomic E-state index is 13.7. The lowest BCUT2D eigenvalue weighted by molar-refractivity contribution is -0.162. The monoisotopic (exact) mass is 608 g/mol. The van der Waals surface area contributed by atoms with E-state index >= 15 is 0 Å². The second-order valence-electron chi connectivity index (χ2n) is 12.0. The number of piperidine rings is 1. The summed E-state index contributed by atoms with van der Waals surface area (Å²) in [5.41, 5.74) is 1.49. The van der Waals surface area contributed by atoms with Crippen molar-refractivity contribution in [2.24, 2.45) is 5.92 Å². The highest BCUT2D eigenvalue weighted by atomic mass is 16.5. The van der Waals surface area contributed by atoms with Crippen molar-refractivity contribution in [3.8, 4) is 0 Å². The Kier molecular flexibility index (Phi) is 13.7. The van der Waals surface area contributed by atoms with Crippen LogP contribution in [0.4, 0.5) is 4.79 Å². The molecule has 1 spiro atoms. The summed E-state index contributed by atoms with van der Waals surface area (Å²) in [6.07, 6.45) is 3.82. The van der Waals surface area contributed by atoms with Crippen LogP contribution in [-0.2, 0) is 32.1 Å². The SMILES string of the molecule is CC(=O)O.CC(C)CN1C(=O)[C@H](CCCCNC(=O)OCc2ccccc2)NC(=O)C12CCN(CCc1ccccc1)CC2. The van der Waals surface area contributed by atoms with Crippen LogP contribution in [0.2, 0.25) is 0 Å². The Hall–Kier alpha value is -3.92. The van der Waals surface area contributed by atoms with E-state index in [1.165, 1.54) is 5.56 Å². The van der Waals surface area contributed by atoms with Crippen LogP contribution in [0, 0.1) is 5.92 Å². The van der Waals surface area contributed by atoms with Gasteiger partial charge in [0.05, 0.1) is 0 Å². The molecular weight excluding hydrogens is 560 g/mol. The van der Waals surface area contributed by atoms with Crippen LogP contribution >= 0.6 is 0 Å². The number of aliphatic carboxylic acids is 1. The minimum absolute atomic E-state index is 0.0110. The first-order chi connectivity index (χ1) is 21.1. The van der Waals surface area contributed by atoms with Gasteiger partial charge in [-0.25, -0.2) is 4.79 Å². The molecule has 0 bridgehead atoms. The Morgan fingerprint density at radius 3 is 2.18 bits per heavy atom. The van der Waals surface area contributed by atoms with E-state index in [-0.39, 0.29) is 24.3 Å². The number of carbonyl (C=O) groups is 4. The fourth-order valence-corrected chi connectivity index (χ4v) is 5.71. The molecule has 4 rings (SSSR count). The number of rotatable bonds is 12. The fraction of sp³-hybridized carbons (Fsp3) is 0.529. The number of nitrogens with zero attached hydrogens (tertiary/aromatic N) is 2. The van der Waals surface area contributed by atoms with Crippen LogP contribution in [0.25, 0.3) is 0 Å².